The molecule has 0 atom stereocenters. The highest BCUT2D eigenvalue weighted by Crippen LogP contribution is 2.34. The topological polar surface area (TPSA) is 79.6 Å². The lowest BCUT2D eigenvalue weighted by atomic mass is 10.0. The number of aliphatic hydroxyl groups is 1. The molecule has 0 saturated carbocycles. The van der Waals surface area contributed by atoms with Crippen molar-refractivity contribution in [1.29, 1.82) is 0 Å². The molecular weight excluding hydrogens is 345 g/mol. The highest BCUT2D eigenvalue weighted by atomic mass is 19.1. The summed E-state index contributed by atoms with van der Waals surface area (Å²) in [5.41, 5.74) is 5.58. The number of aliphatic hydroxyl groups excluding tert-OH is 1. The van der Waals surface area contributed by atoms with Crippen LogP contribution < -0.4 is 0 Å². The molecule has 138 valence electrons. The molecule has 6 nitrogen and oxygen atoms in total. The van der Waals surface area contributed by atoms with E-state index in [1.807, 2.05) is 4.57 Å². The van der Waals surface area contributed by atoms with E-state index in [2.05, 4.69) is 30.6 Å². The van der Waals surface area contributed by atoms with E-state index in [9.17, 15) is 9.50 Å². The van der Waals surface area contributed by atoms with E-state index in [0.717, 1.165) is 22.5 Å². The first-order valence-corrected chi connectivity index (χ1v) is 8.82. The number of H-pyrrole nitrogens is 1. The zero-order chi connectivity index (χ0) is 19.1. The number of aromatic nitrogens is 5. The molecule has 0 saturated heterocycles. The number of hydrogen-bond acceptors (Lipinski definition) is 4. The van der Waals surface area contributed by atoms with Gasteiger partial charge in [-0.25, -0.2) is 14.4 Å². The van der Waals surface area contributed by atoms with Crippen molar-refractivity contribution in [2.24, 2.45) is 0 Å². The predicted octanol–water partition coefficient (Wildman–Crippen LogP) is 4.56. The van der Waals surface area contributed by atoms with Crippen LogP contribution in [0.3, 0.4) is 0 Å². The molecule has 0 amide bonds. The van der Waals surface area contributed by atoms with Gasteiger partial charge in [0.2, 0.25) is 0 Å². The number of hydrogen-bond donors (Lipinski definition) is 2. The summed E-state index contributed by atoms with van der Waals surface area (Å²) in [6.07, 6.45) is 2.65. The van der Waals surface area contributed by atoms with Crippen molar-refractivity contribution in [3.63, 3.8) is 0 Å². The van der Waals surface area contributed by atoms with Gasteiger partial charge in [-0.1, -0.05) is 20.4 Å². The van der Waals surface area contributed by atoms with E-state index in [0.29, 0.717) is 29.7 Å². The first kappa shape index (κ1) is 17.2. The fraction of sp³-hybridized carbons (Fsp3) is 0.250. The van der Waals surface area contributed by atoms with Crippen LogP contribution in [0.2, 0.25) is 0 Å². The van der Waals surface area contributed by atoms with Crippen LogP contribution in [-0.2, 0) is 6.42 Å². The van der Waals surface area contributed by atoms with Gasteiger partial charge in [-0.3, -0.25) is 9.67 Å². The third-order valence-electron chi connectivity index (χ3n) is 4.60. The Morgan fingerprint density at radius 1 is 1.26 bits per heavy atom. The van der Waals surface area contributed by atoms with Crippen LogP contribution in [0, 0.1) is 5.82 Å². The predicted molar refractivity (Wildman–Crippen MR) is 103 cm³/mol. The van der Waals surface area contributed by atoms with Crippen molar-refractivity contribution < 1.29 is 9.50 Å². The van der Waals surface area contributed by atoms with E-state index in [1.54, 1.807) is 18.3 Å². The molecular formula is C20H20FN5O. The van der Waals surface area contributed by atoms with Crippen LogP contribution >= 0.6 is 0 Å². The van der Waals surface area contributed by atoms with Crippen LogP contribution in [0.25, 0.3) is 28.0 Å². The number of nitrogens with one attached hydrogen (secondary N) is 1. The Morgan fingerprint density at radius 2 is 2.00 bits per heavy atom. The number of aryl methyl sites for hydroxylation is 1. The number of fused-ring (bicyclic) bond motifs is 2. The Labute approximate surface area is 155 Å². The number of halogens is 1. The molecule has 3 aromatic heterocycles. The van der Waals surface area contributed by atoms with Crippen LogP contribution in [-0.4, -0.2) is 29.8 Å². The highest BCUT2D eigenvalue weighted by molar-refractivity contribution is 5.87. The maximum absolute atomic E-state index is 13.5. The van der Waals surface area contributed by atoms with E-state index < -0.39 is 0 Å². The van der Waals surface area contributed by atoms with Gasteiger partial charge in [0.05, 0.1) is 12.0 Å². The maximum Gasteiger partial charge on any atom is 0.174 e. The van der Waals surface area contributed by atoms with Gasteiger partial charge in [0.1, 0.15) is 16.9 Å². The molecule has 0 aliphatic rings. The summed E-state index contributed by atoms with van der Waals surface area (Å²) in [6, 6.07) is 6.34. The minimum atomic E-state index is -0.290. The Morgan fingerprint density at radius 3 is 2.67 bits per heavy atom. The van der Waals surface area contributed by atoms with Crippen LogP contribution in [0.5, 0.6) is 0 Å². The van der Waals surface area contributed by atoms with E-state index in [4.69, 9.17) is 9.97 Å². The van der Waals surface area contributed by atoms with Crippen molar-refractivity contribution in [3.05, 3.63) is 59.9 Å². The standard InChI is InChI=1S/C20H20FN5O/c1-11(2)18-15(9-4-12(3)27)17-20(23-16-10-22-25-19(16)24-17)26(18)14-7-5-13(21)6-8-14/h5-8,10-11,27H,3-4,9H2,1-2H3,(H,22,24,25). The van der Waals surface area contributed by atoms with Crippen molar-refractivity contribution in [2.75, 3.05) is 0 Å². The molecule has 4 rings (SSSR count). The fourth-order valence-electron chi connectivity index (χ4n) is 3.47. The zero-order valence-corrected chi connectivity index (χ0v) is 15.2. The summed E-state index contributed by atoms with van der Waals surface area (Å²) < 4.78 is 15.5. The van der Waals surface area contributed by atoms with Crippen molar-refractivity contribution in [2.45, 2.75) is 32.6 Å². The van der Waals surface area contributed by atoms with Crippen LogP contribution in [0.1, 0.15) is 37.4 Å². The van der Waals surface area contributed by atoms with E-state index in [1.165, 1.54) is 12.1 Å². The normalized spacial score (nSPS) is 11.7. The Balaban J connectivity index is 2.07. The molecule has 0 spiro atoms. The number of aromatic amines is 1. The van der Waals surface area contributed by atoms with E-state index in [-0.39, 0.29) is 17.5 Å². The molecule has 27 heavy (non-hydrogen) atoms. The van der Waals surface area contributed by atoms with Crippen molar-refractivity contribution >= 4 is 22.3 Å². The smallest absolute Gasteiger partial charge is 0.174 e. The molecule has 0 radical (unpaired) electrons. The van der Waals surface area contributed by atoms with Crippen LogP contribution in [0.15, 0.2) is 42.8 Å². The van der Waals surface area contributed by atoms with Gasteiger partial charge < -0.3 is 5.11 Å². The lowest BCUT2D eigenvalue weighted by Crippen LogP contribution is -2.05. The first-order chi connectivity index (χ1) is 13.0. The van der Waals surface area contributed by atoms with Gasteiger partial charge >= 0.3 is 0 Å². The average Bonchev–Trinajstić information content (AvgIpc) is 3.20. The number of allylic oxidation sites excluding steroid dienone is 1. The highest BCUT2D eigenvalue weighted by Gasteiger charge is 2.23. The molecule has 4 aromatic rings. The summed E-state index contributed by atoms with van der Waals surface area (Å²) >= 11 is 0. The lowest BCUT2D eigenvalue weighted by Gasteiger charge is -2.15. The summed E-state index contributed by atoms with van der Waals surface area (Å²) in [7, 11) is 0. The Kier molecular flexibility index (Phi) is 4.14. The largest absolute Gasteiger partial charge is 0.513 e. The molecule has 0 aliphatic carbocycles. The van der Waals surface area contributed by atoms with Gasteiger partial charge in [-0.15, -0.1) is 0 Å². The second-order valence-electron chi connectivity index (χ2n) is 6.90. The van der Waals surface area contributed by atoms with Crippen molar-refractivity contribution in [3.8, 4) is 5.69 Å². The molecule has 2 N–H and O–H groups in total. The second kappa shape index (κ2) is 6.50. The van der Waals surface area contributed by atoms with Gasteiger partial charge in [0, 0.05) is 23.4 Å². The molecule has 0 bridgehead atoms. The molecule has 7 heteroatoms. The Hall–Kier alpha value is -3.22. The first-order valence-electron chi connectivity index (χ1n) is 8.82. The van der Waals surface area contributed by atoms with E-state index >= 15 is 0 Å². The van der Waals surface area contributed by atoms with Gasteiger partial charge in [0.25, 0.3) is 0 Å². The molecule has 0 fully saturated rings. The summed E-state index contributed by atoms with van der Waals surface area (Å²) in [4.78, 5) is 9.49. The van der Waals surface area contributed by atoms with Gasteiger partial charge in [-0.05, 0) is 36.6 Å². The molecule has 1 aromatic carbocycles. The third-order valence-corrected chi connectivity index (χ3v) is 4.60. The van der Waals surface area contributed by atoms with Crippen molar-refractivity contribution in [1.82, 2.24) is 24.7 Å². The number of benzene rings is 1. The van der Waals surface area contributed by atoms with Gasteiger partial charge in [-0.2, -0.15) is 5.10 Å². The Bertz CT molecular complexity index is 1140. The quantitative estimate of drug-likeness (QED) is 0.508. The molecule has 0 unspecified atom stereocenters. The molecule has 0 aliphatic heterocycles. The second-order valence-corrected chi connectivity index (χ2v) is 6.90. The van der Waals surface area contributed by atoms with Gasteiger partial charge in [0.15, 0.2) is 11.3 Å². The average molecular weight is 365 g/mol. The minimum absolute atomic E-state index is 0.128. The van der Waals surface area contributed by atoms with Crippen LogP contribution in [0.4, 0.5) is 4.39 Å². The monoisotopic (exact) mass is 365 g/mol. The lowest BCUT2D eigenvalue weighted by molar-refractivity contribution is 0.391. The maximum atomic E-state index is 13.5. The SMILES string of the molecule is C=C(O)CCc1c(C(C)C)n(-c2ccc(F)cc2)c2nc3cn[nH]c3nc12. The minimum Gasteiger partial charge on any atom is -0.513 e. The number of nitrogens with zero attached hydrogens (tertiary/aromatic N) is 4. The zero-order valence-electron chi connectivity index (χ0n) is 15.2. The summed E-state index contributed by atoms with van der Waals surface area (Å²) in [6.45, 7) is 7.79. The summed E-state index contributed by atoms with van der Waals surface area (Å²) in [5, 5.41) is 16.5. The third kappa shape index (κ3) is 2.95. The summed E-state index contributed by atoms with van der Waals surface area (Å²) in [5.74, 6) is 0.00821. The number of rotatable bonds is 5. The molecule has 3 heterocycles. The fourth-order valence-corrected chi connectivity index (χ4v) is 3.47.